The van der Waals surface area contributed by atoms with E-state index >= 15 is 0 Å². The van der Waals surface area contributed by atoms with Crippen molar-refractivity contribution in [2.24, 2.45) is 0 Å². The van der Waals surface area contributed by atoms with Crippen LogP contribution >= 0.6 is 11.6 Å². The lowest BCUT2D eigenvalue weighted by Crippen LogP contribution is -2.47. The molecule has 5 rings (SSSR count). The highest BCUT2D eigenvalue weighted by molar-refractivity contribution is 6.33. The molecule has 8 heteroatoms. The third-order valence-electron chi connectivity index (χ3n) is 5.96. The van der Waals surface area contributed by atoms with Crippen LogP contribution < -0.4 is 0 Å². The second kappa shape index (κ2) is 6.74. The SMILES string of the molecule is Cc1onc(-c2ccccc2Cl)c1C(=O)N1C2CCC1CC(n1ccnn1)C2. The smallest absolute Gasteiger partial charge is 0.260 e. The van der Waals surface area contributed by atoms with E-state index in [1.807, 2.05) is 34.0 Å². The van der Waals surface area contributed by atoms with E-state index in [0.29, 0.717) is 27.6 Å². The van der Waals surface area contributed by atoms with Crippen LogP contribution in [0.1, 0.15) is 47.8 Å². The van der Waals surface area contributed by atoms with Gasteiger partial charge in [-0.05, 0) is 38.7 Å². The normalized spacial score (nSPS) is 23.9. The fraction of sp³-hybridized carbons (Fsp3) is 0.400. The van der Waals surface area contributed by atoms with Crippen molar-refractivity contribution in [1.29, 1.82) is 0 Å². The Balaban J connectivity index is 1.47. The maximum atomic E-state index is 13.6. The highest BCUT2D eigenvalue weighted by Crippen LogP contribution is 2.42. The Bertz CT molecular complexity index is 1000. The molecule has 2 saturated heterocycles. The Morgan fingerprint density at radius 3 is 2.61 bits per heavy atom. The van der Waals surface area contributed by atoms with Crippen LogP contribution in [-0.2, 0) is 0 Å². The van der Waals surface area contributed by atoms with Crippen LogP contribution in [0.3, 0.4) is 0 Å². The van der Waals surface area contributed by atoms with E-state index in [0.717, 1.165) is 25.7 Å². The number of hydrogen-bond donors (Lipinski definition) is 0. The largest absolute Gasteiger partial charge is 0.360 e. The summed E-state index contributed by atoms with van der Waals surface area (Å²) in [5, 5.41) is 12.8. The Morgan fingerprint density at radius 1 is 1.18 bits per heavy atom. The number of carbonyl (C=O) groups excluding carboxylic acids is 1. The highest BCUT2D eigenvalue weighted by Gasteiger charge is 2.45. The van der Waals surface area contributed by atoms with Crippen LogP contribution in [0.25, 0.3) is 11.3 Å². The summed E-state index contributed by atoms with van der Waals surface area (Å²) in [5.41, 5.74) is 1.75. The predicted molar refractivity (Wildman–Crippen MR) is 103 cm³/mol. The molecule has 0 spiro atoms. The van der Waals surface area contributed by atoms with Gasteiger partial charge in [0, 0.05) is 23.8 Å². The van der Waals surface area contributed by atoms with Gasteiger partial charge in [0.25, 0.3) is 5.91 Å². The molecule has 0 saturated carbocycles. The fourth-order valence-corrected chi connectivity index (χ4v) is 4.92. The van der Waals surface area contributed by atoms with Crippen LogP contribution in [0.2, 0.25) is 5.02 Å². The number of piperidine rings is 1. The van der Waals surface area contributed by atoms with Gasteiger partial charge in [0.1, 0.15) is 17.0 Å². The zero-order valence-corrected chi connectivity index (χ0v) is 16.2. The number of aromatic nitrogens is 4. The van der Waals surface area contributed by atoms with Crippen LogP contribution in [0.5, 0.6) is 0 Å². The van der Waals surface area contributed by atoms with Gasteiger partial charge in [-0.1, -0.05) is 40.2 Å². The number of nitrogens with zero attached hydrogens (tertiary/aromatic N) is 5. The van der Waals surface area contributed by atoms with E-state index in [1.54, 1.807) is 19.2 Å². The first-order chi connectivity index (χ1) is 13.6. The Hall–Kier alpha value is -2.67. The average Bonchev–Trinajstić information content (AvgIpc) is 3.41. The monoisotopic (exact) mass is 397 g/mol. The summed E-state index contributed by atoms with van der Waals surface area (Å²) >= 11 is 6.35. The van der Waals surface area contributed by atoms with Crippen molar-refractivity contribution in [3.63, 3.8) is 0 Å². The molecule has 2 atom stereocenters. The molecule has 144 valence electrons. The molecule has 2 aliphatic rings. The first kappa shape index (κ1) is 17.4. The van der Waals surface area contributed by atoms with E-state index in [2.05, 4.69) is 15.5 Å². The van der Waals surface area contributed by atoms with Crippen molar-refractivity contribution in [1.82, 2.24) is 25.1 Å². The second-order valence-electron chi connectivity index (χ2n) is 7.55. The fourth-order valence-electron chi connectivity index (χ4n) is 4.70. The third-order valence-corrected chi connectivity index (χ3v) is 6.29. The topological polar surface area (TPSA) is 77.0 Å². The van der Waals surface area contributed by atoms with Gasteiger partial charge in [0.15, 0.2) is 0 Å². The molecule has 0 aliphatic carbocycles. The minimum Gasteiger partial charge on any atom is -0.360 e. The van der Waals surface area contributed by atoms with Crippen molar-refractivity contribution in [3.8, 4) is 11.3 Å². The van der Waals surface area contributed by atoms with Crippen LogP contribution in [0, 0.1) is 6.92 Å². The van der Waals surface area contributed by atoms with Crippen molar-refractivity contribution in [2.75, 3.05) is 0 Å². The summed E-state index contributed by atoms with van der Waals surface area (Å²) in [6.07, 6.45) is 7.40. The van der Waals surface area contributed by atoms with Gasteiger partial charge < -0.3 is 9.42 Å². The maximum Gasteiger partial charge on any atom is 0.260 e. The molecule has 2 fully saturated rings. The summed E-state index contributed by atoms with van der Waals surface area (Å²) in [7, 11) is 0. The first-order valence-electron chi connectivity index (χ1n) is 9.53. The standard InChI is InChI=1S/C20H20ClN5O2/c1-12-18(19(23-28-12)16-4-2-3-5-17(16)21)20(27)26-13-6-7-14(26)11-15(10-13)25-9-8-22-24-25/h2-5,8-9,13-15H,6-7,10-11H2,1H3. The van der Waals surface area contributed by atoms with E-state index in [1.165, 1.54) is 0 Å². The quantitative estimate of drug-likeness (QED) is 0.669. The van der Waals surface area contributed by atoms with Gasteiger partial charge >= 0.3 is 0 Å². The summed E-state index contributed by atoms with van der Waals surface area (Å²) < 4.78 is 7.33. The van der Waals surface area contributed by atoms with Gasteiger partial charge in [-0.25, -0.2) is 4.68 Å². The maximum absolute atomic E-state index is 13.6. The Labute approximate surface area is 167 Å². The molecular formula is C20H20ClN5O2. The highest BCUT2D eigenvalue weighted by atomic mass is 35.5. The van der Waals surface area contributed by atoms with Crippen LogP contribution in [0.15, 0.2) is 41.2 Å². The number of hydrogen-bond acceptors (Lipinski definition) is 5. The summed E-state index contributed by atoms with van der Waals surface area (Å²) in [5.74, 6) is 0.510. The van der Waals surface area contributed by atoms with E-state index < -0.39 is 0 Å². The van der Waals surface area contributed by atoms with Crippen molar-refractivity contribution < 1.29 is 9.32 Å². The molecule has 0 radical (unpaired) electrons. The zero-order chi connectivity index (χ0) is 19.3. The van der Waals surface area contributed by atoms with Crippen LogP contribution in [0.4, 0.5) is 0 Å². The van der Waals surface area contributed by atoms with Gasteiger partial charge in [-0.15, -0.1) is 5.10 Å². The minimum atomic E-state index is -0.0155. The van der Waals surface area contributed by atoms with Crippen molar-refractivity contribution in [3.05, 3.63) is 53.0 Å². The summed E-state index contributed by atoms with van der Waals surface area (Å²) in [6.45, 7) is 1.78. The number of benzene rings is 1. The Kier molecular flexibility index (Phi) is 4.19. The molecule has 7 nitrogen and oxygen atoms in total. The molecule has 2 bridgehead atoms. The second-order valence-corrected chi connectivity index (χ2v) is 7.96. The number of carbonyl (C=O) groups is 1. The lowest BCUT2D eigenvalue weighted by atomic mass is 9.95. The molecule has 28 heavy (non-hydrogen) atoms. The van der Waals surface area contributed by atoms with E-state index in [9.17, 15) is 4.79 Å². The number of aryl methyl sites for hydroxylation is 1. The number of amides is 1. The van der Waals surface area contributed by atoms with Crippen LogP contribution in [-0.4, -0.2) is 43.0 Å². The lowest BCUT2D eigenvalue weighted by Gasteiger charge is -2.38. The van der Waals surface area contributed by atoms with Crippen molar-refractivity contribution in [2.45, 2.75) is 50.7 Å². The number of rotatable bonds is 3. The molecule has 3 aromatic rings. The Morgan fingerprint density at radius 2 is 1.93 bits per heavy atom. The zero-order valence-electron chi connectivity index (χ0n) is 15.5. The molecule has 1 aromatic carbocycles. The van der Waals surface area contributed by atoms with Crippen molar-refractivity contribution >= 4 is 17.5 Å². The average molecular weight is 398 g/mol. The first-order valence-corrected chi connectivity index (χ1v) is 9.91. The molecule has 0 N–H and O–H groups in total. The molecular weight excluding hydrogens is 378 g/mol. The number of fused-ring (bicyclic) bond motifs is 2. The summed E-state index contributed by atoms with van der Waals surface area (Å²) in [6, 6.07) is 8.06. The lowest BCUT2D eigenvalue weighted by molar-refractivity contribution is 0.0522. The third kappa shape index (κ3) is 2.73. The molecule has 4 heterocycles. The van der Waals surface area contributed by atoms with Gasteiger partial charge in [0.05, 0.1) is 17.3 Å². The summed E-state index contributed by atoms with van der Waals surface area (Å²) in [4.78, 5) is 15.6. The predicted octanol–water partition coefficient (Wildman–Crippen LogP) is 3.90. The van der Waals surface area contributed by atoms with Gasteiger partial charge in [0.2, 0.25) is 0 Å². The molecule has 2 aliphatic heterocycles. The molecule has 2 unspecified atom stereocenters. The van der Waals surface area contributed by atoms with Gasteiger partial charge in [-0.3, -0.25) is 4.79 Å². The molecule has 1 amide bonds. The van der Waals surface area contributed by atoms with E-state index in [4.69, 9.17) is 16.1 Å². The van der Waals surface area contributed by atoms with E-state index in [-0.39, 0.29) is 24.0 Å². The minimum absolute atomic E-state index is 0.0155. The molecule has 2 aromatic heterocycles. The van der Waals surface area contributed by atoms with Gasteiger partial charge in [-0.2, -0.15) is 0 Å². The number of halogens is 1.